The van der Waals surface area contributed by atoms with Gasteiger partial charge in [0.25, 0.3) is 0 Å². The average molecular weight is 334 g/mol. The van der Waals surface area contributed by atoms with Gasteiger partial charge in [-0.1, -0.05) is 42.5 Å². The molecule has 0 unspecified atom stereocenters. The molecule has 1 atom stereocenters. The summed E-state index contributed by atoms with van der Waals surface area (Å²) in [5.41, 5.74) is 3.57. The quantitative estimate of drug-likeness (QED) is 0.846. The molecule has 0 saturated carbocycles. The highest BCUT2D eigenvalue weighted by atomic mass is 16.5. The van der Waals surface area contributed by atoms with E-state index in [0.29, 0.717) is 13.0 Å². The number of nitriles is 1. The number of hydrogen-bond acceptors (Lipinski definition) is 3. The fourth-order valence-corrected chi connectivity index (χ4v) is 3.06. The number of hydrogen-bond donors (Lipinski definition) is 1. The Labute approximate surface area is 148 Å². The van der Waals surface area contributed by atoms with Crippen LogP contribution in [0.15, 0.2) is 48.5 Å². The van der Waals surface area contributed by atoms with Gasteiger partial charge in [-0.25, -0.2) is 0 Å². The molecule has 0 aliphatic carbocycles. The molecular formula is C21H22N2O2. The van der Waals surface area contributed by atoms with Crippen molar-refractivity contribution in [2.75, 3.05) is 13.2 Å². The largest absolute Gasteiger partial charge is 0.493 e. The zero-order valence-corrected chi connectivity index (χ0v) is 14.2. The molecule has 4 heteroatoms. The lowest BCUT2D eigenvalue weighted by atomic mass is 10.00. The second kappa shape index (κ2) is 8.34. The second-order valence-corrected chi connectivity index (χ2v) is 6.29. The minimum Gasteiger partial charge on any atom is -0.493 e. The van der Waals surface area contributed by atoms with Crippen molar-refractivity contribution in [2.45, 2.75) is 25.7 Å². The number of nitrogens with zero attached hydrogens (tertiary/aromatic N) is 1. The van der Waals surface area contributed by atoms with Crippen LogP contribution >= 0.6 is 0 Å². The first kappa shape index (κ1) is 17.0. The average Bonchev–Trinajstić information content (AvgIpc) is 3.11. The summed E-state index contributed by atoms with van der Waals surface area (Å²) in [6, 6.07) is 18.2. The monoisotopic (exact) mass is 334 g/mol. The van der Waals surface area contributed by atoms with E-state index < -0.39 is 5.92 Å². The first-order valence-electron chi connectivity index (χ1n) is 8.72. The maximum atomic E-state index is 12.2. The van der Waals surface area contributed by atoms with E-state index in [1.165, 1.54) is 11.1 Å². The van der Waals surface area contributed by atoms with E-state index in [1.807, 2.05) is 42.5 Å². The van der Waals surface area contributed by atoms with Gasteiger partial charge in [0.1, 0.15) is 11.7 Å². The van der Waals surface area contributed by atoms with Crippen LogP contribution in [-0.4, -0.2) is 19.1 Å². The number of fused-ring (bicyclic) bond motifs is 1. The van der Waals surface area contributed by atoms with Gasteiger partial charge in [-0.3, -0.25) is 4.79 Å². The Kier molecular flexibility index (Phi) is 5.69. The second-order valence-electron chi connectivity index (χ2n) is 6.29. The van der Waals surface area contributed by atoms with Gasteiger partial charge in [-0.05, 0) is 42.0 Å². The number of benzene rings is 2. The van der Waals surface area contributed by atoms with Crippen molar-refractivity contribution in [3.63, 3.8) is 0 Å². The minimum atomic E-state index is -0.603. The van der Waals surface area contributed by atoms with Crippen molar-refractivity contribution in [2.24, 2.45) is 5.92 Å². The zero-order chi connectivity index (χ0) is 17.5. The van der Waals surface area contributed by atoms with Crippen molar-refractivity contribution in [1.82, 2.24) is 5.32 Å². The number of ether oxygens (including phenoxy) is 1. The van der Waals surface area contributed by atoms with Gasteiger partial charge in [0.05, 0.1) is 12.7 Å². The Morgan fingerprint density at radius 3 is 2.80 bits per heavy atom. The van der Waals surface area contributed by atoms with Crippen LogP contribution in [0.5, 0.6) is 5.75 Å². The lowest BCUT2D eigenvalue weighted by molar-refractivity contribution is -0.123. The highest BCUT2D eigenvalue weighted by Gasteiger charge is 2.17. The van der Waals surface area contributed by atoms with Crippen molar-refractivity contribution >= 4 is 5.91 Å². The zero-order valence-electron chi connectivity index (χ0n) is 14.2. The molecule has 0 bridgehead atoms. The summed E-state index contributed by atoms with van der Waals surface area (Å²) in [5.74, 6) is 0.190. The Bertz CT molecular complexity index is 765. The van der Waals surface area contributed by atoms with Crippen LogP contribution in [0.4, 0.5) is 0 Å². The number of aryl methyl sites for hydroxylation is 1. The maximum absolute atomic E-state index is 12.2. The van der Waals surface area contributed by atoms with E-state index in [4.69, 9.17) is 4.74 Å². The van der Waals surface area contributed by atoms with Crippen molar-refractivity contribution in [3.8, 4) is 11.8 Å². The van der Waals surface area contributed by atoms with Crippen LogP contribution in [0.2, 0.25) is 0 Å². The van der Waals surface area contributed by atoms with Crippen LogP contribution in [0.3, 0.4) is 0 Å². The van der Waals surface area contributed by atoms with Gasteiger partial charge < -0.3 is 10.1 Å². The smallest absolute Gasteiger partial charge is 0.237 e. The Hall–Kier alpha value is -2.80. The summed E-state index contributed by atoms with van der Waals surface area (Å²) in [7, 11) is 0. The minimum absolute atomic E-state index is 0.178. The summed E-state index contributed by atoms with van der Waals surface area (Å²) in [6.07, 6.45) is 2.99. The van der Waals surface area contributed by atoms with E-state index >= 15 is 0 Å². The van der Waals surface area contributed by atoms with Crippen molar-refractivity contribution in [1.29, 1.82) is 5.26 Å². The molecule has 0 fully saturated rings. The molecule has 0 spiro atoms. The third-order valence-electron chi connectivity index (χ3n) is 4.50. The van der Waals surface area contributed by atoms with Gasteiger partial charge in [-0.15, -0.1) is 0 Å². The molecule has 2 aromatic carbocycles. The highest BCUT2D eigenvalue weighted by molar-refractivity contribution is 5.81. The molecule has 0 radical (unpaired) electrons. The van der Waals surface area contributed by atoms with E-state index in [0.717, 1.165) is 37.2 Å². The molecule has 1 aliphatic heterocycles. The van der Waals surface area contributed by atoms with E-state index in [1.54, 1.807) is 0 Å². The number of rotatable bonds is 7. The number of carbonyl (C=O) groups is 1. The van der Waals surface area contributed by atoms with Crippen LogP contribution in [0.25, 0.3) is 0 Å². The molecule has 1 N–H and O–H groups in total. The van der Waals surface area contributed by atoms with Gasteiger partial charge in [-0.2, -0.15) is 5.26 Å². The third-order valence-corrected chi connectivity index (χ3v) is 4.50. The van der Waals surface area contributed by atoms with Gasteiger partial charge in [0.2, 0.25) is 5.91 Å². The van der Waals surface area contributed by atoms with Gasteiger partial charge in [0, 0.05) is 13.0 Å². The predicted molar refractivity (Wildman–Crippen MR) is 96.2 cm³/mol. The first-order valence-corrected chi connectivity index (χ1v) is 8.72. The van der Waals surface area contributed by atoms with Gasteiger partial charge >= 0.3 is 0 Å². The molecule has 1 heterocycles. The highest BCUT2D eigenvalue weighted by Crippen LogP contribution is 2.25. The Balaban J connectivity index is 1.45. The molecule has 2 aromatic rings. The summed E-state index contributed by atoms with van der Waals surface area (Å²) < 4.78 is 5.50. The van der Waals surface area contributed by atoms with Crippen LogP contribution in [0.1, 0.15) is 23.1 Å². The number of amides is 1. The molecule has 128 valence electrons. The molecule has 0 aromatic heterocycles. The topological polar surface area (TPSA) is 62.1 Å². The molecule has 1 amide bonds. The molecule has 0 saturated heterocycles. The summed E-state index contributed by atoms with van der Waals surface area (Å²) in [6.45, 7) is 1.29. The lowest BCUT2D eigenvalue weighted by Crippen LogP contribution is -2.31. The van der Waals surface area contributed by atoms with Gasteiger partial charge in [0.15, 0.2) is 0 Å². The van der Waals surface area contributed by atoms with Crippen molar-refractivity contribution < 1.29 is 9.53 Å². The first-order chi connectivity index (χ1) is 12.3. The summed E-state index contributed by atoms with van der Waals surface area (Å²) in [4.78, 5) is 12.2. The Morgan fingerprint density at radius 1 is 1.16 bits per heavy atom. The third kappa shape index (κ3) is 4.60. The maximum Gasteiger partial charge on any atom is 0.237 e. The normalized spacial score (nSPS) is 13.4. The fourth-order valence-electron chi connectivity index (χ4n) is 3.06. The lowest BCUT2D eigenvalue weighted by Gasteiger charge is -2.11. The Morgan fingerprint density at radius 2 is 2.00 bits per heavy atom. The summed E-state index contributed by atoms with van der Waals surface area (Å²) in [5, 5.41) is 12.2. The molecular weight excluding hydrogens is 312 g/mol. The van der Waals surface area contributed by atoms with Crippen LogP contribution in [0, 0.1) is 17.2 Å². The van der Waals surface area contributed by atoms with Crippen LogP contribution < -0.4 is 10.1 Å². The fraction of sp³-hybridized carbons (Fsp3) is 0.333. The standard InChI is InChI=1S/C21H22N2O2/c22-15-19(8-6-16-4-2-1-3-5-16)21(24)23-12-10-17-7-9-20-18(14-17)11-13-25-20/h1-5,7,9,14,19H,6,8,10-13H2,(H,23,24)/t19-/m1/s1. The predicted octanol–water partition coefficient (Wildman–Crippen LogP) is 3.05. The van der Waals surface area contributed by atoms with Crippen LogP contribution in [-0.2, 0) is 24.1 Å². The van der Waals surface area contributed by atoms with E-state index in [9.17, 15) is 10.1 Å². The number of carbonyl (C=O) groups excluding carboxylic acids is 1. The van der Waals surface area contributed by atoms with Crippen molar-refractivity contribution in [3.05, 3.63) is 65.2 Å². The summed E-state index contributed by atoms with van der Waals surface area (Å²) >= 11 is 0. The molecule has 4 nitrogen and oxygen atoms in total. The SMILES string of the molecule is N#C[C@@H](CCc1ccccc1)C(=O)NCCc1ccc2c(c1)CCO2. The van der Waals surface area contributed by atoms with E-state index in [-0.39, 0.29) is 5.91 Å². The molecule has 3 rings (SSSR count). The molecule has 1 aliphatic rings. The number of nitrogens with one attached hydrogen (secondary N) is 1. The van der Waals surface area contributed by atoms with E-state index in [2.05, 4.69) is 17.5 Å². The molecule has 25 heavy (non-hydrogen) atoms.